The Bertz CT molecular complexity index is 1450. The van der Waals surface area contributed by atoms with Crippen LogP contribution < -0.4 is 4.90 Å². The van der Waals surface area contributed by atoms with Crippen molar-refractivity contribution >= 4 is 23.0 Å². The molecule has 10 nitrogen and oxygen atoms in total. The van der Waals surface area contributed by atoms with E-state index >= 15 is 0 Å². The van der Waals surface area contributed by atoms with E-state index in [1.165, 1.54) is 0 Å². The third kappa shape index (κ3) is 3.76. The van der Waals surface area contributed by atoms with E-state index in [0.717, 1.165) is 44.8 Å². The quantitative estimate of drug-likeness (QED) is 0.393. The number of allylic oxidation sites excluding steroid dienone is 1. The number of anilines is 1. The summed E-state index contributed by atoms with van der Waals surface area (Å²) in [5.74, 6) is -5.39. The first-order chi connectivity index (χ1) is 19.2. The number of ketones is 3. The van der Waals surface area contributed by atoms with E-state index in [1.54, 1.807) is 19.0 Å². The summed E-state index contributed by atoms with van der Waals surface area (Å²) in [6.45, 7) is 2.55. The number of carbonyl (C=O) groups is 3. The number of aliphatic hydroxyl groups excluding tert-OH is 2. The minimum atomic E-state index is -2.56. The van der Waals surface area contributed by atoms with Gasteiger partial charge in [-0.25, -0.2) is 0 Å². The number of aromatic hydroxyl groups is 1. The van der Waals surface area contributed by atoms with Gasteiger partial charge in [-0.05, 0) is 83.6 Å². The van der Waals surface area contributed by atoms with Gasteiger partial charge in [-0.15, -0.1) is 0 Å². The lowest BCUT2D eigenvalue weighted by Crippen LogP contribution is -2.63. The normalized spacial score (nSPS) is 30.6. The van der Waals surface area contributed by atoms with E-state index in [9.17, 15) is 34.8 Å². The van der Waals surface area contributed by atoms with Gasteiger partial charge in [0, 0.05) is 48.9 Å². The molecule has 6 rings (SSSR count). The second kappa shape index (κ2) is 9.14. The number of likely N-dealkylation sites (tertiary alicyclic amines) is 1. The Kier molecular flexibility index (Phi) is 6.23. The van der Waals surface area contributed by atoms with Gasteiger partial charge in [0.1, 0.15) is 22.8 Å². The maximum absolute atomic E-state index is 14.2. The zero-order chi connectivity index (χ0) is 29.8. The number of hydrogen-bond acceptors (Lipinski definition) is 10. The Labute approximate surface area is 239 Å². The number of Topliss-reactive ketones (excluding diaryl/α,β-unsaturated/α-hetero) is 3. The minimum absolute atomic E-state index is 0.0905. The van der Waals surface area contributed by atoms with Gasteiger partial charge in [0.05, 0.1) is 11.6 Å². The van der Waals surface area contributed by atoms with Gasteiger partial charge in [0.25, 0.3) is 0 Å². The van der Waals surface area contributed by atoms with E-state index in [-0.39, 0.29) is 28.8 Å². The number of aliphatic hydroxyl groups is 3. The highest BCUT2D eigenvalue weighted by atomic mass is 16.3. The van der Waals surface area contributed by atoms with Crippen LogP contribution in [0.3, 0.4) is 0 Å². The van der Waals surface area contributed by atoms with Crippen LogP contribution in [0.4, 0.5) is 5.69 Å². The molecule has 0 aromatic heterocycles. The molecule has 1 saturated heterocycles. The van der Waals surface area contributed by atoms with Gasteiger partial charge < -0.3 is 25.3 Å². The van der Waals surface area contributed by atoms with Crippen molar-refractivity contribution in [2.75, 3.05) is 39.6 Å². The first kappa shape index (κ1) is 27.9. The largest absolute Gasteiger partial charge is 0.510 e. The van der Waals surface area contributed by atoms with Gasteiger partial charge in [0.2, 0.25) is 5.78 Å². The van der Waals surface area contributed by atoms with Crippen LogP contribution in [0.1, 0.15) is 60.5 Å². The first-order valence-electron chi connectivity index (χ1n) is 14.4. The maximum atomic E-state index is 14.2. The number of carbonyl (C=O) groups excluding carboxylic acids is 3. The lowest BCUT2D eigenvalue weighted by molar-refractivity contribution is -0.148. The predicted molar refractivity (Wildman–Crippen MR) is 151 cm³/mol. The summed E-state index contributed by atoms with van der Waals surface area (Å²) in [6.07, 6.45) is 4.90. The molecule has 4 aliphatic carbocycles. The average molecular weight is 566 g/mol. The van der Waals surface area contributed by atoms with E-state index in [0.29, 0.717) is 24.1 Å². The topological polar surface area (TPSA) is 142 Å². The van der Waals surface area contributed by atoms with Crippen LogP contribution in [0.2, 0.25) is 0 Å². The monoisotopic (exact) mass is 565 g/mol. The van der Waals surface area contributed by atoms with E-state index in [1.807, 2.05) is 25.1 Å². The molecule has 1 spiro atoms. The summed E-state index contributed by atoms with van der Waals surface area (Å²) in [5, 5.41) is 46.1. The number of rotatable bonds is 5. The van der Waals surface area contributed by atoms with Gasteiger partial charge >= 0.3 is 0 Å². The van der Waals surface area contributed by atoms with Crippen molar-refractivity contribution in [3.05, 3.63) is 45.4 Å². The highest BCUT2D eigenvalue weighted by Gasteiger charge is 2.63. The van der Waals surface area contributed by atoms with E-state index in [4.69, 9.17) is 0 Å². The number of hydrogen-bond donors (Lipinski definition) is 4. The number of benzene rings is 1. The van der Waals surface area contributed by atoms with Crippen LogP contribution in [-0.2, 0) is 22.6 Å². The fraction of sp³-hybridized carbons (Fsp3) is 0.581. The lowest BCUT2D eigenvalue weighted by atomic mass is 9.58. The molecule has 1 heterocycles. The molecule has 0 unspecified atom stereocenters. The van der Waals surface area contributed by atoms with Crippen LogP contribution >= 0.6 is 0 Å². The average Bonchev–Trinajstić information content (AvgIpc) is 3.56. The second-order valence-corrected chi connectivity index (χ2v) is 13.1. The smallest absolute Gasteiger partial charge is 0.209 e. The van der Waals surface area contributed by atoms with Crippen molar-refractivity contribution in [3.63, 3.8) is 0 Å². The second-order valence-electron chi connectivity index (χ2n) is 13.1. The van der Waals surface area contributed by atoms with Crippen molar-refractivity contribution < 1.29 is 34.8 Å². The van der Waals surface area contributed by atoms with Crippen LogP contribution in [0.25, 0.3) is 0 Å². The first-order valence-corrected chi connectivity index (χ1v) is 14.4. The van der Waals surface area contributed by atoms with Crippen molar-refractivity contribution in [3.8, 4) is 5.75 Å². The Balaban J connectivity index is 1.50. The molecule has 0 bridgehead atoms. The number of fused-ring (bicyclic) bond motifs is 3. The molecule has 10 heteroatoms. The van der Waals surface area contributed by atoms with Gasteiger partial charge in [0.15, 0.2) is 17.2 Å². The molecule has 4 N–H and O–H groups in total. The van der Waals surface area contributed by atoms with Crippen LogP contribution in [0.15, 0.2) is 28.7 Å². The standard InChI is InChI=1S/C31H39N3O7/c1-15(35)21-27(38)24(33(4)5)19-12-16-11-18-20(32(2)3)13-17(14-34-10-6-7-30(34)8-9-30)25(36)23(18)26(37)22(16)29(40)31(19,41)28(21)39/h13,16,19,24,36,38,40-41H,6-12,14H2,1-5H3/t16-,19-,24-,31+/m0/s1. The van der Waals surface area contributed by atoms with Gasteiger partial charge in [-0.1, -0.05) is 0 Å². The van der Waals surface area contributed by atoms with Crippen molar-refractivity contribution in [1.82, 2.24) is 9.80 Å². The summed E-state index contributed by atoms with van der Waals surface area (Å²) < 4.78 is 0. The maximum Gasteiger partial charge on any atom is 0.209 e. The molecule has 0 amide bonds. The zero-order valence-electron chi connectivity index (χ0n) is 24.3. The Morgan fingerprint density at radius 1 is 1.10 bits per heavy atom. The Hall–Kier alpha value is -3.21. The molecule has 5 aliphatic rings. The van der Waals surface area contributed by atoms with E-state index < -0.39 is 57.9 Å². The zero-order valence-corrected chi connectivity index (χ0v) is 24.3. The summed E-state index contributed by atoms with van der Waals surface area (Å²) in [7, 11) is 7.08. The number of likely N-dealkylation sites (N-methyl/N-ethyl adjacent to an activating group) is 1. The van der Waals surface area contributed by atoms with Gasteiger partial charge in [-0.2, -0.15) is 0 Å². The third-order valence-electron chi connectivity index (χ3n) is 10.3. The number of nitrogens with zero attached hydrogens (tertiary/aromatic N) is 3. The molecule has 1 aromatic rings. The molecule has 1 aliphatic heterocycles. The minimum Gasteiger partial charge on any atom is -0.510 e. The molecule has 1 saturated carbocycles. The van der Waals surface area contributed by atoms with Crippen molar-refractivity contribution in [1.29, 1.82) is 0 Å². The molecule has 2 fully saturated rings. The predicted octanol–water partition coefficient (Wildman–Crippen LogP) is 2.42. The van der Waals surface area contributed by atoms with E-state index in [2.05, 4.69) is 4.90 Å². The van der Waals surface area contributed by atoms with Crippen LogP contribution in [-0.4, -0.2) is 99.5 Å². The fourth-order valence-corrected chi connectivity index (χ4v) is 8.13. The summed E-state index contributed by atoms with van der Waals surface area (Å²) in [5.41, 5.74) is -0.873. The highest BCUT2D eigenvalue weighted by Crippen LogP contribution is 2.54. The Morgan fingerprint density at radius 2 is 1.78 bits per heavy atom. The van der Waals surface area contributed by atoms with Crippen molar-refractivity contribution in [2.24, 2.45) is 11.8 Å². The number of phenols is 1. The Morgan fingerprint density at radius 3 is 2.37 bits per heavy atom. The van der Waals surface area contributed by atoms with Crippen LogP contribution in [0, 0.1) is 11.8 Å². The summed E-state index contributed by atoms with van der Waals surface area (Å²) in [6, 6.07) is 1.01. The molecular weight excluding hydrogens is 526 g/mol. The number of phenolic OH excluding ortho intramolecular Hbond substituents is 1. The highest BCUT2D eigenvalue weighted by molar-refractivity contribution is 6.25. The molecule has 220 valence electrons. The molecule has 1 aromatic carbocycles. The molecule has 4 atom stereocenters. The SMILES string of the molecule is CC(=O)C1=C(O)[C@@H](N(C)C)[C@@H]2C[C@@H]3Cc4c(N(C)C)cc(CN5CCCC56CC6)c(O)c4C(=O)C3=C(O)[C@]2(O)C1=O. The summed E-state index contributed by atoms with van der Waals surface area (Å²) in [4.78, 5) is 46.2. The third-order valence-corrected chi connectivity index (χ3v) is 10.3. The molecule has 41 heavy (non-hydrogen) atoms. The molecule has 0 radical (unpaired) electrons. The summed E-state index contributed by atoms with van der Waals surface area (Å²) >= 11 is 0. The lowest BCUT2D eigenvalue weighted by Gasteiger charge is -2.50. The molecular formula is C31H39N3O7. The van der Waals surface area contributed by atoms with Crippen LogP contribution in [0.5, 0.6) is 5.75 Å². The van der Waals surface area contributed by atoms with Crippen molar-refractivity contribution in [2.45, 2.75) is 69.2 Å². The fourth-order valence-electron chi connectivity index (χ4n) is 8.13. The van der Waals surface area contributed by atoms with Gasteiger partial charge in [-0.3, -0.25) is 24.2 Å².